The van der Waals surface area contributed by atoms with Crippen molar-refractivity contribution in [1.29, 1.82) is 0 Å². The number of Topliss-reactive ketones (excluding diaryl/α,β-unsaturated/α-hetero) is 1. The van der Waals surface area contributed by atoms with E-state index in [2.05, 4.69) is 5.32 Å². The van der Waals surface area contributed by atoms with Crippen LogP contribution in [0.2, 0.25) is 0 Å². The fraction of sp³-hybridized carbons (Fsp3) is 0.357. The highest BCUT2D eigenvalue weighted by molar-refractivity contribution is 7.91. The Hall–Kier alpha value is -3.40. The Bertz CT molecular complexity index is 1450. The molecule has 0 radical (unpaired) electrons. The Labute approximate surface area is 219 Å². The van der Waals surface area contributed by atoms with Crippen molar-refractivity contribution in [2.75, 3.05) is 6.61 Å². The van der Waals surface area contributed by atoms with Crippen LogP contribution in [0.1, 0.15) is 50.7 Å². The average Bonchev–Trinajstić information content (AvgIpc) is 2.82. The highest BCUT2D eigenvalue weighted by atomic mass is 32.2. The van der Waals surface area contributed by atoms with Gasteiger partial charge in [-0.2, -0.15) is 13.2 Å². The molecule has 202 valence electrons. The fourth-order valence-corrected chi connectivity index (χ4v) is 6.23. The third-order valence-electron chi connectivity index (χ3n) is 6.68. The van der Waals surface area contributed by atoms with Crippen LogP contribution in [-0.2, 0) is 24.2 Å². The van der Waals surface area contributed by atoms with Crippen LogP contribution < -0.4 is 5.32 Å². The number of sulfone groups is 1. The summed E-state index contributed by atoms with van der Waals surface area (Å²) in [5.41, 5.74) is -1.35. The summed E-state index contributed by atoms with van der Waals surface area (Å²) in [7, 11) is -3.90. The van der Waals surface area contributed by atoms with E-state index >= 15 is 0 Å². The summed E-state index contributed by atoms with van der Waals surface area (Å²) in [4.78, 5) is 26.2. The fourth-order valence-electron chi connectivity index (χ4n) is 4.97. The zero-order valence-corrected chi connectivity index (χ0v) is 22.2. The number of aryl methyl sites for hydroxylation is 1. The number of esters is 1. The molecule has 2 aromatic rings. The normalized spacial score (nSPS) is 19.7. The predicted octanol–water partition coefficient (Wildman–Crippen LogP) is 5.54. The third-order valence-corrected chi connectivity index (χ3v) is 8.46. The lowest BCUT2D eigenvalue weighted by atomic mass is 9.68. The van der Waals surface area contributed by atoms with Gasteiger partial charge in [0, 0.05) is 23.6 Å². The Kier molecular flexibility index (Phi) is 7.07. The minimum absolute atomic E-state index is 0.0644. The van der Waals surface area contributed by atoms with E-state index in [0.29, 0.717) is 0 Å². The molecule has 0 bridgehead atoms. The molecule has 2 aliphatic rings. The van der Waals surface area contributed by atoms with E-state index in [4.69, 9.17) is 4.74 Å². The zero-order valence-electron chi connectivity index (χ0n) is 21.4. The van der Waals surface area contributed by atoms with Gasteiger partial charge in [-0.05, 0) is 55.5 Å². The van der Waals surface area contributed by atoms with Gasteiger partial charge in [0.25, 0.3) is 0 Å². The largest absolute Gasteiger partial charge is 0.463 e. The maximum absolute atomic E-state index is 14.3. The Morgan fingerprint density at radius 2 is 1.58 bits per heavy atom. The highest BCUT2D eigenvalue weighted by Crippen LogP contribution is 2.49. The second kappa shape index (κ2) is 9.72. The smallest absolute Gasteiger partial charge is 0.431 e. The molecule has 1 unspecified atom stereocenters. The minimum atomic E-state index is -4.93. The monoisotopic (exact) mass is 547 g/mol. The van der Waals surface area contributed by atoms with Crippen LogP contribution in [0.3, 0.4) is 0 Å². The molecule has 4 rings (SSSR count). The van der Waals surface area contributed by atoms with Crippen molar-refractivity contribution in [2.45, 2.75) is 62.4 Å². The Balaban J connectivity index is 1.89. The van der Waals surface area contributed by atoms with Crippen LogP contribution in [0, 0.1) is 12.3 Å². The number of ketones is 1. The first-order valence-electron chi connectivity index (χ1n) is 12.1. The van der Waals surface area contributed by atoms with E-state index in [9.17, 15) is 31.2 Å². The second-order valence-corrected chi connectivity index (χ2v) is 12.2. The zero-order chi connectivity index (χ0) is 28.0. The van der Waals surface area contributed by atoms with E-state index in [1.807, 2.05) is 6.92 Å². The molecule has 1 aliphatic heterocycles. The minimum Gasteiger partial charge on any atom is -0.463 e. The number of benzene rings is 2. The van der Waals surface area contributed by atoms with Gasteiger partial charge in [0.2, 0.25) is 9.84 Å². The molecular formula is C28H28F3NO5S. The van der Waals surface area contributed by atoms with E-state index in [1.54, 1.807) is 26.0 Å². The average molecular weight is 548 g/mol. The number of carbonyl (C=O) groups is 2. The van der Waals surface area contributed by atoms with Gasteiger partial charge in [-0.3, -0.25) is 4.79 Å². The van der Waals surface area contributed by atoms with Gasteiger partial charge in [-0.25, -0.2) is 13.2 Å². The van der Waals surface area contributed by atoms with Crippen molar-refractivity contribution >= 4 is 21.6 Å². The molecule has 2 aromatic carbocycles. The van der Waals surface area contributed by atoms with Crippen molar-refractivity contribution < 1.29 is 35.9 Å². The molecule has 0 saturated heterocycles. The lowest BCUT2D eigenvalue weighted by Crippen LogP contribution is -2.42. The summed E-state index contributed by atoms with van der Waals surface area (Å²) >= 11 is 0. The maximum atomic E-state index is 14.3. The van der Waals surface area contributed by atoms with E-state index in [0.717, 1.165) is 5.56 Å². The first-order chi connectivity index (χ1) is 17.7. The lowest BCUT2D eigenvalue weighted by molar-refractivity contribution is -0.140. The van der Waals surface area contributed by atoms with Gasteiger partial charge >= 0.3 is 12.1 Å². The number of halogens is 3. The third kappa shape index (κ3) is 5.14. The van der Waals surface area contributed by atoms with Crippen LogP contribution in [0.15, 0.2) is 80.9 Å². The number of rotatable bonds is 5. The molecule has 6 nitrogen and oxygen atoms in total. The summed E-state index contributed by atoms with van der Waals surface area (Å²) in [6, 6.07) is 11.5. The van der Waals surface area contributed by atoms with Crippen LogP contribution in [-0.4, -0.2) is 33.0 Å². The summed E-state index contributed by atoms with van der Waals surface area (Å²) in [6.07, 6.45) is -4.68. The maximum Gasteiger partial charge on any atom is 0.431 e. The Morgan fingerprint density at radius 1 is 1.03 bits per heavy atom. The van der Waals surface area contributed by atoms with Crippen LogP contribution >= 0.6 is 0 Å². The van der Waals surface area contributed by atoms with Crippen molar-refractivity contribution in [1.82, 2.24) is 5.32 Å². The van der Waals surface area contributed by atoms with Gasteiger partial charge in [-0.15, -0.1) is 0 Å². The van der Waals surface area contributed by atoms with Crippen molar-refractivity contribution in [2.24, 2.45) is 5.41 Å². The summed E-state index contributed by atoms with van der Waals surface area (Å²) in [5.74, 6) is -2.95. The Morgan fingerprint density at radius 3 is 2.11 bits per heavy atom. The van der Waals surface area contributed by atoms with E-state index in [1.165, 1.54) is 43.3 Å². The molecule has 1 aliphatic carbocycles. The summed E-state index contributed by atoms with van der Waals surface area (Å²) in [6.45, 7) is 6.70. The topological polar surface area (TPSA) is 89.5 Å². The second-order valence-electron chi connectivity index (χ2n) is 10.3. The SMILES string of the molecule is CCOC(=O)C1=C(C(F)(F)F)NC2=C(C(=O)CC(C)(C)C2)C1c1ccc(S(=O)(=O)c2ccc(C)cc2)cc1. The van der Waals surface area contributed by atoms with Crippen LogP contribution in [0.4, 0.5) is 13.2 Å². The van der Waals surface area contributed by atoms with Gasteiger partial charge in [0.1, 0.15) is 5.70 Å². The predicted molar refractivity (Wildman–Crippen MR) is 134 cm³/mol. The quantitative estimate of drug-likeness (QED) is 0.495. The van der Waals surface area contributed by atoms with E-state index in [-0.39, 0.29) is 51.9 Å². The van der Waals surface area contributed by atoms with Crippen molar-refractivity contribution in [3.8, 4) is 0 Å². The van der Waals surface area contributed by atoms with Gasteiger partial charge in [-0.1, -0.05) is 43.7 Å². The molecule has 1 atom stereocenters. The van der Waals surface area contributed by atoms with Gasteiger partial charge in [0.15, 0.2) is 5.78 Å². The number of hydrogen-bond donors (Lipinski definition) is 1. The number of hydrogen-bond acceptors (Lipinski definition) is 6. The number of nitrogens with one attached hydrogen (secondary N) is 1. The highest BCUT2D eigenvalue weighted by Gasteiger charge is 2.50. The molecule has 0 aromatic heterocycles. The van der Waals surface area contributed by atoms with Crippen molar-refractivity contribution in [3.63, 3.8) is 0 Å². The number of carbonyl (C=O) groups excluding carboxylic acids is 2. The first kappa shape index (κ1) is 27.6. The number of alkyl halides is 3. The standard InChI is InChI=1S/C28H28F3NO5S/c1-5-37-26(34)24-22(23-20(32-25(24)28(29,30)31)14-27(3,4)15-21(23)33)17-8-12-19(13-9-17)38(35,36)18-10-6-16(2)7-11-18/h6-13,22,32H,5,14-15H2,1-4H3. The number of ether oxygens (including phenoxy) is 1. The molecule has 10 heteroatoms. The number of dihydropyridines is 1. The van der Waals surface area contributed by atoms with Gasteiger partial charge in [0.05, 0.1) is 22.0 Å². The molecule has 38 heavy (non-hydrogen) atoms. The summed E-state index contributed by atoms with van der Waals surface area (Å²) in [5, 5.41) is 2.35. The molecule has 0 saturated carbocycles. The van der Waals surface area contributed by atoms with Crippen molar-refractivity contribution in [3.05, 3.63) is 82.2 Å². The molecule has 1 N–H and O–H groups in total. The van der Waals surface area contributed by atoms with Crippen LogP contribution in [0.5, 0.6) is 0 Å². The summed E-state index contributed by atoms with van der Waals surface area (Å²) < 4.78 is 74.0. The molecular weight excluding hydrogens is 519 g/mol. The first-order valence-corrected chi connectivity index (χ1v) is 13.6. The van der Waals surface area contributed by atoms with Crippen LogP contribution in [0.25, 0.3) is 0 Å². The lowest BCUT2D eigenvalue weighted by Gasteiger charge is -2.40. The molecule has 1 heterocycles. The molecule has 0 fully saturated rings. The molecule has 0 spiro atoms. The van der Waals surface area contributed by atoms with E-state index < -0.39 is 44.6 Å². The molecule has 0 amide bonds. The number of allylic oxidation sites excluding steroid dienone is 3. The van der Waals surface area contributed by atoms with Gasteiger partial charge < -0.3 is 10.1 Å².